The Labute approximate surface area is 312 Å². The third-order valence-electron chi connectivity index (χ3n) is 10.6. The van der Waals surface area contributed by atoms with Gasteiger partial charge in [-0.15, -0.1) is 0 Å². The first-order valence-corrected chi connectivity index (χ1v) is 22.5. The summed E-state index contributed by atoms with van der Waals surface area (Å²) in [5.74, 6) is -0.312. The second kappa shape index (κ2) is 40.9. The van der Waals surface area contributed by atoms with Gasteiger partial charge in [0.05, 0.1) is 31.3 Å². The average molecular weight is 708 g/mol. The minimum absolute atomic E-state index is 0.0188. The lowest BCUT2D eigenvalue weighted by Gasteiger charge is -2.21. The molecule has 0 unspecified atom stereocenters. The van der Waals surface area contributed by atoms with Gasteiger partial charge in [-0.1, -0.05) is 231 Å². The molecule has 0 aliphatic rings. The second-order valence-electron chi connectivity index (χ2n) is 15.7. The van der Waals surface area contributed by atoms with E-state index in [0.717, 1.165) is 25.7 Å². The highest BCUT2D eigenvalue weighted by Crippen LogP contribution is 2.17. The van der Waals surface area contributed by atoms with Crippen molar-refractivity contribution >= 4 is 5.91 Å². The van der Waals surface area contributed by atoms with Crippen molar-refractivity contribution in [3.05, 3.63) is 12.2 Å². The van der Waals surface area contributed by atoms with Crippen LogP contribution in [0.2, 0.25) is 0 Å². The molecule has 3 atom stereocenters. The van der Waals surface area contributed by atoms with E-state index >= 15 is 0 Å². The molecule has 0 fully saturated rings. The Hall–Kier alpha value is -0.910. The second-order valence-corrected chi connectivity index (χ2v) is 15.7. The van der Waals surface area contributed by atoms with Crippen LogP contribution in [0.4, 0.5) is 0 Å². The standard InChI is InChI=1S/C45H89NO4/c1-3-5-7-9-11-13-15-17-18-19-20-21-22-23-24-25-27-28-30-32-34-36-38-42(48)40-45(50)46-43(41-47)44(49)39-37-35-33-31-29-26-16-14-12-10-8-6-4-2/h37,39,42-44,47-49H,3-36,38,40-41H2,1-2H3,(H,46,50)/b39-37+/t42-,43+,44-/m1/s1. The lowest BCUT2D eigenvalue weighted by molar-refractivity contribution is -0.124. The summed E-state index contributed by atoms with van der Waals surface area (Å²) in [6, 6.07) is -0.738. The van der Waals surface area contributed by atoms with Gasteiger partial charge >= 0.3 is 0 Å². The summed E-state index contributed by atoms with van der Waals surface area (Å²) in [4.78, 5) is 12.4. The number of nitrogens with one attached hydrogen (secondary N) is 1. The quantitative estimate of drug-likeness (QED) is 0.0376. The topological polar surface area (TPSA) is 89.8 Å². The van der Waals surface area contributed by atoms with Crippen LogP contribution in [-0.4, -0.2) is 46.1 Å². The maximum atomic E-state index is 12.4. The van der Waals surface area contributed by atoms with E-state index in [9.17, 15) is 20.1 Å². The predicted molar refractivity (Wildman–Crippen MR) is 218 cm³/mol. The number of aliphatic hydroxyl groups excluding tert-OH is 3. The Morgan fingerprint density at radius 3 is 1.16 bits per heavy atom. The minimum atomic E-state index is -0.923. The van der Waals surface area contributed by atoms with E-state index in [1.165, 1.54) is 193 Å². The summed E-state index contributed by atoms with van der Waals surface area (Å²) in [5.41, 5.74) is 0. The summed E-state index contributed by atoms with van der Waals surface area (Å²) in [6.45, 7) is 4.22. The van der Waals surface area contributed by atoms with Crippen LogP contribution in [-0.2, 0) is 4.79 Å². The molecule has 0 spiro atoms. The van der Waals surface area contributed by atoms with Crippen LogP contribution in [0, 0.1) is 0 Å². The molecule has 0 aromatic carbocycles. The number of carbonyl (C=O) groups is 1. The molecule has 0 saturated heterocycles. The molecule has 298 valence electrons. The molecule has 1 amide bonds. The molecular formula is C45H89NO4. The maximum absolute atomic E-state index is 12.4. The molecule has 5 nitrogen and oxygen atoms in total. The van der Waals surface area contributed by atoms with Gasteiger partial charge in [-0.25, -0.2) is 0 Å². The highest BCUT2D eigenvalue weighted by atomic mass is 16.3. The minimum Gasteiger partial charge on any atom is -0.394 e. The first-order valence-electron chi connectivity index (χ1n) is 22.5. The molecule has 50 heavy (non-hydrogen) atoms. The molecular weight excluding hydrogens is 618 g/mol. The van der Waals surface area contributed by atoms with Crippen molar-refractivity contribution < 1.29 is 20.1 Å². The van der Waals surface area contributed by atoms with E-state index in [2.05, 4.69) is 19.2 Å². The molecule has 0 bridgehead atoms. The highest BCUT2D eigenvalue weighted by Gasteiger charge is 2.20. The molecule has 0 radical (unpaired) electrons. The number of hydrogen-bond donors (Lipinski definition) is 4. The first-order chi connectivity index (χ1) is 24.5. The third kappa shape index (κ3) is 36.9. The monoisotopic (exact) mass is 708 g/mol. The summed E-state index contributed by atoms with van der Waals surface area (Å²) in [7, 11) is 0. The summed E-state index contributed by atoms with van der Waals surface area (Å²) in [6.07, 6.45) is 47.9. The van der Waals surface area contributed by atoms with Crippen LogP contribution in [0.25, 0.3) is 0 Å². The molecule has 0 aliphatic heterocycles. The number of allylic oxidation sites excluding steroid dienone is 1. The number of hydrogen-bond acceptors (Lipinski definition) is 4. The molecule has 0 aromatic heterocycles. The van der Waals surface area contributed by atoms with Gasteiger partial charge in [0.2, 0.25) is 5.91 Å². The van der Waals surface area contributed by atoms with Crippen LogP contribution in [0.15, 0.2) is 12.2 Å². The third-order valence-corrected chi connectivity index (χ3v) is 10.6. The number of amides is 1. The van der Waals surface area contributed by atoms with E-state index in [1.807, 2.05) is 6.08 Å². The fourth-order valence-corrected chi connectivity index (χ4v) is 7.11. The van der Waals surface area contributed by atoms with Crippen molar-refractivity contribution in [2.75, 3.05) is 6.61 Å². The van der Waals surface area contributed by atoms with Crippen LogP contribution >= 0.6 is 0 Å². The van der Waals surface area contributed by atoms with E-state index in [4.69, 9.17) is 0 Å². The van der Waals surface area contributed by atoms with Crippen LogP contribution in [0.3, 0.4) is 0 Å². The van der Waals surface area contributed by atoms with Crippen molar-refractivity contribution in [3.63, 3.8) is 0 Å². The van der Waals surface area contributed by atoms with Crippen molar-refractivity contribution in [2.45, 2.75) is 263 Å². The summed E-state index contributed by atoms with van der Waals surface area (Å²) in [5, 5.41) is 33.2. The zero-order chi connectivity index (χ0) is 36.6. The molecule has 0 aliphatic carbocycles. The lowest BCUT2D eigenvalue weighted by Crippen LogP contribution is -2.45. The van der Waals surface area contributed by atoms with Crippen molar-refractivity contribution in [3.8, 4) is 0 Å². The van der Waals surface area contributed by atoms with Crippen molar-refractivity contribution in [1.82, 2.24) is 5.32 Å². The first kappa shape index (κ1) is 49.1. The molecule has 0 saturated carbocycles. The number of rotatable bonds is 41. The molecule has 0 rings (SSSR count). The van der Waals surface area contributed by atoms with E-state index < -0.39 is 18.2 Å². The molecule has 0 aromatic rings. The molecule has 4 N–H and O–H groups in total. The zero-order valence-electron chi connectivity index (χ0n) is 33.8. The van der Waals surface area contributed by atoms with Gasteiger partial charge in [0.15, 0.2) is 0 Å². The van der Waals surface area contributed by atoms with Crippen LogP contribution < -0.4 is 5.32 Å². The van der Waals surface area contributed by atoms with Gasteiger partial charge < -0.3 is 20.6 Å². The van der Waals surface area contributed by atoms with Gasteiger partial charge in [-0.05, 0) is 19.3 Å². The van der Waals surface area contributed by atoms with Crippen molar-refractivity contribution in [1.29, 1.82) is 0 Å². The van der Waals surface area contributed by atoms with Gasteiger partial charge in [0.25, 0.3) is 0 Å². The molecule has 5 heteroatoms. The smallest absolute Gasteiger partial charge is 0.222 e. The van der Waals surface area contributed by atoms with E-state index in [-0.39, 0.29) is 18.9 Å². The fourth-order valence-electron chi connectivity index (χ4n) is 7.11. The van der Waals surface area contributed by atoms with Gasteiger partial charge in [0.1, 0.15) is 0 Å². The fraction of sp³-hybridized carbons (Fsp3) is 0.933. The normalized spacial score (nSPS) is 13.6. The number of unbranched alkanes of at least 4 members (excludes halogenated alkanes) is 32. The largest absolute Gasteiger partial charge is 0.394 e. The van der Waals surface area contributed by atoms with E-state index in [0.29, 0.717) is 6.42 Å². The summed E-state index contributed by atoms with van der Waals surface area (Å²) < 4.78 is 0. The summed E-state index contributed by atoms with van der Waals surface area (Å²) >= 11 is 0. The van der Waals surface area contributed by atoms with Crippen LogP contribution in [0.1, 0.15) is 245 Å². The Morgan fingerprint density at radius 2 is 0.820 bits per heavy atom. The number of carbonyl (C=O) groups excluding carboxylic acids is 1. The molecule has 0 heterocycles. The van der Waals surface area contributed by atoms with E-state index in [1.54, 1.807) is 6.08 Å². The van der Waals surface area contributed by atoms with Gasteiger partial charge in [-0.2, -0.15) is 0 Å². The Balaban J connectivity index is 3.58. The Bertz CT molecular complexity index is 699. The Kier molecular flexibility index (Phi) is 40.1. The SMILES string of the molecule is CCCCCCCCCCCCC/C=C/[C@@H](O)[C@H](CO)NC(=O)C[C@H](O)CCCCCCCCCCCCCCCCCCCCCCCC. The highest BCUT2D eigenvalue weighted by molar-refractivity contribution is 5.76. The Morgan fingerprint density at radius 1 is 0.500 bits per heavy atom. The lowest BCUT2D eigenvalue weighted by atomic mass is 10.0. The van der Waals surface area contributed by atoms with Gasteiger partial charge in [-0.3, -0.25) is 4.79 Å². The number of aliphatic hydroxyl groups is 3. The maximum Gasteiger partial charge on any atom is 0.222 e. The van der Waals surface area contributed by atoms with Gasteiger partial charge in [0, 0.05) is 0 Å². The van der Waals surface area contributed by atoms with Crippen LogP contribution in [0.5, 0.6) is 0 Å². The van der Waals surface area contributed by atoms with Crippen molar-refractivity contribution in [2.24, 2.45) is 0 Å². The average Bonchev–Trinajstić information content (AvgIpc) is 3.11. The zero-order valence-corrected chi connectivity index (χ0v) is 33.8. The predicted octanol–water partition coefficient (Wildman–Crippen LogP) is 12.8.